The van der Waals surface area contributed by atoms with E-state index in [4.69, 9.17) is 0 Å². The molecule has 1 aliphatic rings. The van der Waals surface area contributed by atoms with E-state index < -0.39 is 5.97 Å². The highest BCUT2D eigenvalue weighted by molar-refractivity contribution is 6.01. The van der Waals surface area contributed by atoms with Crippen LogP contribution in [-0.2, 0) is 0 Å². The van der Waals surface area contributed by atoms with Crippen LogP contribution in [0.1, 0.15) is 61.8 Å². The van der Waals surface area contributed by atoms with Crippen molar-refractivity contribution in [3.05, 3.63) is 30.1 Å². The van der Waals surface area contributed by atoms with Gasteiger partial charge in [-0.25, -0.2) is 9.78 Å². The SMILES string of the molecule is CCCC1CCC(n2cnc3cccc(C(=O)O)c32)CC1. The standard InChI is InChI=1S/C17H22N2O2/c1-2-4-12-7-9-13(10-8-12)19-11-18-15-6-3-5-14(16(15)19)17(20)21/h3,5-6,11-13H,2,4,7-10H2,1H3,(H,20,21). The van der Waals surface area contributed by atoms with Crippen LogP contribution < -0.4 is 0 Å². The number of benzene rings is 1. The molecule has 21 heavy (non-hydrogen) atoms. The molecule has 4 heteroatoms. The molecule has 0 atom stereocenters. The Labute approximate surface area is 124 Å². The van der Waals surface area contributed by atoms with Gasteiger partial charge in [0.2, 0.25) is 0 Å². The van der Waals surface area contributed by atoms with E-state index in [-0.39, 0.29) is 0 Å². The third-order valence-electron chi connectivity index (χ3n) is 4.73. The second kappa shape index (κ2) is 5.88. The lowest BCUT2D eigenvalue weighted by molar-refractivity contribution is 0.0698. The fraction of sp³-hybridized carbons (Fsp3) is 0.529. The predicted molar refractivity (Wildman–Crippen MR) is 82.6 cm³/mol. The van der Waals surface area contributed by atoms with Gasteiger partial charge < -0.3 is 9.67 Å². The van der Waals surface area contributed by atoms with Gasteiger partial charge in [-0.1, -0.05) is 25.8 Å². The number of rotatable bonds is 4. The zero-order valence-electron chi connectivity index (χ0n) is 12.5. The van der Waals surface area contributed by atoms with Crippen LogP contribution in [0.3, 0.4) is 0 Å². The number of hydrogen-bond acceptors (Lipinski definition) is 2. The monoisotopic (exact) mass is 286 g/mol. The third kappa shape index (κ3) is 2.67. The van der Waals surface area contributed by atoms with Crippen LogP contribution in [0.2, 0.25) is 0 Å². The largest absolute Gasteiger partial charge is 0.478 e. The maximum absolute atomic E-state index is 11.4. The number of para-hydroxylation sites is 1. The van der Waals surface area contributed by atoms with E-state index in [2.05, 4.69) is 16.5 Å². The molecule has 0 radical (unpaired) electrons. The summed E-state index contributed by atoms with van der Waals surface area (Å²) in [5.41, 5.74) is 1.93. The van der Waals surface area contributed by atoms with Crippen molar-refractivity contribution in [1.29, 1.82) is 0 Å². The minimum Gasteiger partial charge on any atom is -0.478 e. The number of nitrogens with zero attached hydrogens (tertiary/aromatic N) is 2. The molecule has 1 heterocycles. The number of aromatic nitrogens is 2. The zero-order chi connectivity index (χ0) is 14.8. The van der Waals surface area contributed by atoms with Crippen molar-refractivity contribution in [3.8, 4) is 0 Å². The molecule has 4 nitrogen and oxygen atoms in total. The molecule has 0 amide bonds. The predicted octanol–water partition coefficient (Wildman–Crippen LogP) is 4.27. The molecule has 0 aliphatic heterocycles. The maximum Gasteiger partial charge on any atom is 0.337 e. The van der Waals surface area contributed by atoms with E-state index >= 15 is 0 Å². The topological polar surface area (TPSA) is 55.1 Å². The summed E-state index contributed by atoms with van der Waals surface area (Å²) >= 11 is 0. The van der Waals surface area contributed by atoms with E-state index in [1.165, 1.54) is 25.7 Å². The van der Waals surface area contributed by atoms with Gasteiger partial charge in [0.25, 0.3) is 0 Å². The Hall–Kier alpha value is -1.84. The summed E-state index contributed by atoms with van der Waals surface area (Å²) < 4.78 is 2.10. The van der Waals surface area contributed by atoms with Crippen molar-refractivity contribution in [2.75, 3.05) is 0 Å². The van der Waals surface area contributed by atoms with Gasteiger partial charge in [0.1, 0.15) is 0 Å². The number of carbonyl (C=O) groups is 1. The fourth-order valence-corrected chi connectivity index (χ4v) is 3.66. The van der Waals surface area contributed by atoms with Crippen molar-refractivity contribution >= 4 is 17.0 Å². The molecule has 1 N–H and O–H groups in total. The van der Waals surface area contributed by atoms with Crippen LogP contribution in [-0.4, -0.2) is 20.6 Å². The van der Waals surface area contributed by atoms with E-state index in [1.807, 2.05) is 12.4 Å². The number of aromatic carboxylic acids is 1. The van der Waals surface area contributed by atoms with Crippen molar-refractivity contribution in [1.82, 2.24) is 9.55 Å². The molecule has 0 unspecified atom stereocenters. The van der Waals surface area contributed by atoms with E-state index in [0.717, 1.165) is 29.8 Å². The molecule has 0 saturated heterocycles. The lowest BCUT2D eigenvalue weighted by Gasteiger charge is -2.29. The Balaban J connectivity index is 1.90. The average molecular weight is 286 g/mol. The first-order chi connectivity index (χ1) is 10.2. The summed E-state index contributed by atoms with van der Waals surface area (Å²) in [6.45, 7) is 2.24. The highest BCUT2D eigenvalue weighted by atomic mass is 16.4. The second-order valence-corrected chi connectivity index (χ2v) is 6.09. The molecule has 2 aromatic rings. The fourth-order valence-electron chi connectivity index (χ4n) is 3.66. The number of fused-ring (bicyclic) bond motifs is 1. The second-order valence-electron chi connectivity index (χ2n) is 6.09. The van der Waals surface area contributed by atoms with Crippen LogP contribution in [0.15, 0.2) is 24.5 Å². The molecule has 1 aromatic heterocycles. The lowest BCUT2D eigenvalue weighted by atomic mass is 9.83. The molecule has 1 aliphatic carbocycles. The number of carboxylic acid groups (broad SMARTS) is 1. The molecule has 0 bridgehead atoms. The van der Waals surface area contributed by atoms with E-state index in [1.54, 1.807) is 12.1 Å². The highest BCUT2D eigenvalue weighted by Crippen LogP contribution is 2.36. The summed E-state index contributed by atoms with van der Waals surface area (Å²) in [7, 11) is 0. The van der Waals surface area contributed by atoms with Crippen molar-refractivity contribution < 1.29 is 9.90 Å². The van der Waals surface area contributed by atoms with Gasteiger partial charge in [0.15, 0.2) is 0 Å². The van der Waals surface area contributed by atoms with Crippen molar-refractivity contribution in [2.45, 2.75) is 51.5 Å². The minimum absolute atomic E-state index is 0.362. The van der Waals surface area contributed by atoms with Crippen LogP contribution in [0, 0.1) is 5.92 Å². The third-order valence-corrected chi connectivity index (χ3v) is 4.73. The summed E-state index contributed by atoms with van der Waals surface area (Å²) in [5, 5.41) is 9.39. The van der Waals surface area contributed by atoms with Crippen LogP contribution in [0.25, 0.3) is 11.0 Å². The molecule has 3 rings (SSSR count). The molecule has 1 saturated carbocycles. The maximum atomic E-state index is 11.4. The normalized spacial score (nSPS) is 22.5. The van der Waals surface area contributed by atoms with Gasteiger partial charge in [-0.2, -0.15) is 0 Å². The van der Waals surface area contributed by atoms with Gasteiger partial charge in [0.05, 0.1) is 22.9 Å². The summed E-state index contributed by atoms with van der Waals surface area (Å²) in [6.07, 6.45) is 9.14. The van der Waals surface area contributed by atoms with Gasteiger partial charge in [-0.05, 0) is 43.7 Å². The summed E-state index contributed by atoms with van der Waals surface area (Å²) in [5.74, 6) is -0.0259. The Morgan fingerprint density at radius 3 is 2.76 bits per heavy atom. The molecular formula is C17H22N2O2. The first kappa shape index (κ1) is 14.1. The number of imidazole rings is 1. The van der Waals surface area contributed by atoms with Gasteiger partial charge in [-0.15, -0.1) is 0 Å². The van der Waals surface area contributed by atoms with Crippen molar-refractivity contribution in [2.24, 2.45) is 5.92 Å². The Kier molecular flexibility index (Phi) is 3.95. The lowest BCUT2D eigenvalue weighted by Crippen LogP contribution is -2.18. The summed E-state index contributed by atoms with van der Waals surface area (Å²) in [6, 6.07) is 5.72. The van der Waals surface area contributed by atoms with Gasteiger partial charge >= 0.3 is 5.97 Å². The van der Waals surface area contributed by atoms with Gasteiger partial charge in [-0.3, -0.25) is 0 Å². The van der Waals surface area contributed by atoms with Crippen LogP contribution >= 0.6 is 0 Å². The van der Waals surface area contributed by atoms with E-state index in [9.17, 15) is 9.90 Å². The number of carboxylic acids is 1. The molecule has 112 valence electrons. The Bertz CT molecular complexity index is 639. The minimum atomic E-state index is -0.873. The molecule has 1 aromatic carbocycles. The quantitative estimate of drug-likeness (QED) is 0.913. The molecule has 1 fully saturated rings. The zero-order valence-corrected chi connectivity index (χ0v) is 12.5. The average Bonchev–Trinajstić information content (AvgIpc) is 2.92. The summed E-state index contributed by atoms with van der Waals surface area (Å²) in [4.78, 5) is 15.8. The van der Waals surface area contributed by atoms with Crippen LogP contribution in [0.5, 0.6) is 0 Å². The number of hydrogen-bond donors (Lipinski definition) is 1. The molecule has 0 spiro atoms. The highest BCUT2D eigenvalue weighted by Gasteiger charge is 2.24. The van der Waals surface area contributed by atoms with Crippen LogP contribution in [0.4, 0.5) is 0 Å². The Morgan fingerprint density at radius 1 is 1.33 bits per heavy atom. The first-order valence-electron chi connectivity index (χ1n) is 7.89. The smallest absolute Gasteiger partial charge is 0.337 e. The Morgan fingerprint density at radius 2 is 2.10 bits per heavy atom. The van der Waals surface area contributed by atoms with E-state index in [0.29, 0.717) is 11.6 Å². The molecular weight excluding hydrogens is 264 g/mol. The first-order valence-corrected chi connectivity index (χ1v) is 7.89. The van der Waals surface area contributed by atoms with Crippen molar-refractivity contribution in [3.63, 3.8) is 0 Å². The van der Waals surface area contributed by atoms with Gasteiger partial charge in [0, 0.05) is 6.04 Å².